The third-order valence-corrected chi connectivity index (χ3v) is 2.62. The maximum Gasteiger partial charge on any atom is 0.215 e. The minimum atomic E-state index is 0.311. The zero-order valence-electron chi connectivity index (χ0n) is 8.79. The number of aromatic nitrogens is 3. The Morgan fingerprint density at radius 1 is 1.24 bits per heavy atom. The number of anilines is 2. The highest BCUT2D eigenvalue weighted by Gasteiger charge is 2.03. The van der Waals surface area contributed by atoms with Gasteiger partial charge in [0.25, 0.3) is 0 Å². The maximum atomic E-state index is 5.90. The van der Waals surface area contributed by atoms with E-state index in [0.29, 0.717) is 26.3 Å². The van der Waals surface area contributed by atoms with Crippen molar-refractivity contribution < 1.29 is 0 Å². The number of benzene rings is 1. The number of nitrogens with zero attached hydrogens (tertiary/aromatic N) is 2. The molecule has 0 fully saturated rings. The number of aryl methyl sites for hydroxylation is 1. The monoisotopic (exact) mass is 286 g/mol. The summed E-state index contributed by atoms with van der Waals surface area (Å²) < 4.78 is 0.311. The van der Waals surface area contributed by atoms with Crippen molar-refractivity contribution in [2.24, 2.45) is 0 Å². The van der Waals surface area contributed by atoms with Gasteiger partial charge in [0.15, 0.2) is 5.82 Å². The molecule has 0 aliphatic heterocycles. The van der Waals surface area contributed by atoms with Gasteiger partial charge in [-0.3, -0.25) is 5.10 Å². The topological polar surface area (TPSA) is 53.6 Å². The summed E-state index contributed by atoms with van der Waals surface area (Å²) >= 11 is 16.7. The van der Waals surface area contributed by atoms with E-state index >= 15 is 0 Å². The van der Waals surface area contributed by atoms with Crippen LogP contribution in [0.1, 0.15) is 5.69 Å². The Morgan fingerprint density at radius 2 is 1.88 bits per heavy atom. The van der Waals surface area contributed by atoms with Crippen LogP contribution >= 0.6 is 35.4 Å². The van der Waals surface area contributed by atoms with Gasteiger partial charge < -0.3 is 5.32 Å². The zero-order chi connectivity index (χ0) is 12.4. The van der Waals surface area contributed by atoms with E-state index in [9.17, 15) is 0 Å². The van der Waals surface area contributed by atoms with Gasteiger partial charge in [-0.25, -0.2) is 0 Å². The molecule has 0 unspecified atom stereocenters. The Labute approximate surface area is 113 Å². The van der Waals surface area contributed by atoms with Crippen LogP contribution in [0, 0.1) is 11.7 Å². The van der Waals surface area contributed by atoms with Crippen LogP contribution in [-0.4, -0.2) is 15.2 Å². The van der Waals surface area contributed by atoms with Crippen LogP contribution < -0.4 is 5.32 Å². The molecule has 17 heavy (non-hydrogen) atoms. The molecular weight excluding hydrogens is 279 g/mol. The van der Waals surface area contributed by atoms with E-state index in [2.05, 4.69) is 20.5 Å². The third kappa shape index (κ3) is 3.15. The predicted octanol–water partition coefficient (Wildman–Crippen LogP) is 3.89. The summed E-state index contributed by atoms with van der Waals surface area (Å²) in [6, 6.07) is 5.15. The van der Waals surface area contributed by atoms with Crippen molar-refractivity contribution >= 4 is 46.9 Å². The van der Waals surface area contributed by atoms with Crippen molar-refractivity contribution in [2.45, 2.75) is 6.92 Å². The van der Waals surface area contributed by atoms with E-state index in [4.69, 9.17) is 35.4 Å². The number of hydrogen-bond acceptors (Lipinski definition) is 4. The first-order valence-electron chi connectivity index (χ1n) is 4.71. The molecule has 7 heteroatoms. The Morgan fingerprint density at radius 3 is 2.53 bits per heavy atom. The van der Waals surface area contributed by atoms with Crippen LogP contribution in [-0.2, 0) is 0 Å². The Balaban J connectivity index is 2.37. The molecule has 0 saturated carbocycles. The van der Waals surface area contributed by atoms with Gasteiger partial charge in [-0.2, -0.15) is 10.1 Å². The molecule has 0 radical (unpaired) electrons. The van der Waals surface area contributed by atoms with Crippen LogP contribution in [0.15, 0.2) is 18.2 Å². The molecule has 0 amide bonds. The lowest BCUT2D eigenvalue weighted by molar-refractivity contribution is 0.914. The van der Waals surface area contributed by atoms with E-state index < -0.39 is 0 Å². The fourth-order valence-electron chi connectivity index (χ4n) is 1.27. The smallest absolute Gasteiger partial charge is 0.215 e. The fraction of sp³-hybridized carbons (Fsp3) is 0.100. The minimum Gasteiger partial charge on any atom is -0.338 e. The highest BCUT2D eigenvalue weighted by Crippen LogP contribution is 2.25. The van der Waals surface area contributed by atoms with Crippen LogP contribution in [0.5, 0.6) is 0 Å². The summed E-state index contributed by atoms with van der Waals surface area (Å²) in [7, 11) is 0. The summed E-state index contributed by atoms with van der Waals surface area (Å²) in [4.78, 5) is 4.13. The normalized spacial score (nSPS) is 10.3. The van der Waals surface area contributed by atoms with E-state index in [0.717, 1.165) is 5.69 Å². The number of H-pyrrole nitrogens is 1. The van der Waals surface area contributed by atoms with Gasteiger partial charge >= 0.3 is 0 Å². The molecule has 4 nitrogen and oxygen atoms in total. The Hall–Kier alpha value is -1.17. The third-order valence-electron chi connectivity index (χ3n) is 2.00. The largest absolute Gasteiger partial charge is 0.338 e. The number of halogens is 2. The Bertz CT molecular complexity index is 591. The van der Waals surface area contributed by atoms with Crippen LogP contribution in [0.2, 0.25) is 10.0 Å². The van der Waals surface area contributed by atoms with Gasteiger partial charge in [-0.05, 0) is 37.3 Å². The molecule has 1 heterocycles. The molecule has 0 spiro atoms. The van der Waals surface area contributed by atoms with Crippen molar-refractivity contribution in [1.29, 1.82) is 0 Å². The molecule has 2 aromatic rings. The van der Waals surface area contributed by atoms with Crippen molar-refractivity contribution in [3.05, 3.63) is 38.7 Å². The maximum absolute atomic E-state index is 5.90. The highest BCUT2D eigenvalue weighted by atomic mass is 35.5. The van der Waals surface area contributed by atoms with E-state index in [1.54, 1.807) is 18.2 Å². The second kappa shape index (κ2) is 5.00. The zero-order valence-corrected chi connectivity index (χ0v) is 11.1. The van der Waals surface area contributed by atoms with Crippen LogP contribution in [0.25, 0.3) is 0 Å². The molecule has 0 atom stereocenters. The molecule has 88 valence electrons. The molecule has 2 N–H and O–H groups in total. The molecule has 0 bridgehead atoms. The van der Waals surface area contributed by atoms with Gasteiger partial charge in [0.2, 0.25) is 4.77 Å². The van der Waals surface area contributed by atoms with Gasteiger partial charge in [0.1, 0.15) is 5.69 Å². The first-order chi connectivity index (χ1) is 8.04. The molecule has 1 aromatic carbocycles. The average molecular weight is 287 g/mol. The van der Waals surface area contributed by atoms with Gasteiger partial charge in [0.05, 0.1) is 0 Å². The predicted molar refractivity (Wildman–Crippen MR) is 71.7 cm³/mol. The van der Waals surface area contributed by atoms with E-state index in [1.807, 2.05) is 6.92 Å². The average Bonchev–Trinajstić information content (AvgIpc) is 2.22. The lowest BCUT2D eigenvalue weighted by Crippen LogP contribution is -2.00. The molecule has 0 aliphatic carbocycles. The summed E-state index contributed by atoms with van der Waals surface area (Å²) in [5.41, 5.74) is 1.44. The van der Waals surface area contributed by atoms with Crippen LogP contribution in [0.4, 0.5) is 11.5 Å². The first-order valence-corrected chi connectivity index (χ1v) is 5.87. The molecule has 2 rings (SSSR count). The Kier molecular flexibility index (Phi) is 3.61. The minimum absolute atomic E-state index is 0.311. The van der Waals surface area contributed by atoms with Crippen LogP contribution in [0.3, 0.4) is 0 Å². The molecular formula is C10H8Cl2N4S. The van der Waals surface area contributed by atoms with Crippen molar-refractivity contribution in [3.8, 4) is 0 Å². The number of rotatable bonds is 2. The van der Waals surface area contributed by atoms with Crippen molar-refractivity contribution in [2.75, 3.05) is 5.32 Å². The summed E-state index contributed by atoms with van der Waals surface area (Å²) in [6.07, 6.45) is 0. The molecule has 0 aliphatic rings. The highest BCUT2D eigenvalue weighted by molar-refractivity contribution is 7.71. The van der Waals surface area contributed by atoms with Gasteiger partial charge in [-0.1, -0.05) is 23.2 Å². The van der Waals surface area contributed by atoms with Gasteiger partial charge in [0, 0.05) is 15.7 Å². The second-order valence-corrected chi connectivity index (χ2v) is 4.62. The summed E-state index contributed by atoms with van der Waals surface area (Å²) in [5, 5.41) is 10.8. The number of hydrogen-bond donors (Lipinski definition) is 2. The molecule has 0 saturated heterocycles. The number of nitrogens with one attached hydrogen (secondary N) is 2. The van der Waals surface area contributed by atoms with Crippen molar-refractivity contribution in [3.63, 3.8) is 0 Å². The van der Waals surface area contributed by atoms with Gasteiger partial charge in [-0.15, -0.1) is 0 Å². The van der Waals surface area contributed by atoms with E-state index in [1.165, 1.54) is 0 Å². The lowest BCUT2D eigenvalue weighted by atomic mass is 10.3. The standard InChI is InChI=1S/C10H8Cl2N4S/c1-5-9(14-10(17)16-15-5)13-8-3-6(11)2-7(12)4-8/h2-4H,1H3,(H2,13,14,16,17). The second-order valence-electron chi connectivity index (χ2n) is 3.36. The SMILES string of the molecule is Cc1n[nH]c(=S)nc1Nc1cc(Cl)cc(Cl)c1. The summed E-state index contributed by atoms with van der Waals surface area (Å²) in [5.74, 6) is 0.576. The lowest BCUT2D eigenvalue weighted by Gasteiger charge is -2.08. The van der Waals surface area contributed by atoms with E-state index in [-0.39, 0.29) is 0 Å². The quantitative estimate of drug-likeness (QED) is 0.823. The fourth-order valence-corrected chi connectivity index (χ4v) is 1.94. The molecule has 1 aromatic heterocycles. The first kappa shape index (κ1) is 12.3. The van der Waals surface area contributed by atoms with Crippen molar-refractivity contribution in [1.82, 2.24) is 15.2 Å². The number of aromatic amines is 1. The summed E-state index contributed by atoms with van der Waals surface area (Å²) in [6.45, 7) is 1.81.